The maximum Gasteiger partial charge on any atom is 0.149 e. The normalized spacial score (nSPS) is 11.3. The van der Waals surface area contributed by atoms with Crippen LogP contribution in [-0.2, 0) is 0 Å². The van der Waals surface area contributed by atoms with Crippen LogP contribution in [0.5, 0.6) is 5.75 Å². The summed E-state index contributed by atoms with van der Waals surface area (Å²) in [5.74, 6) is 0.237. The summed E-state index contributed by atoms with van der Waals surface area (Å²) in [5.41, 5.74) is 3.33. The van der Waals surface area contributed by atoms with Crippen LogP contribution in [0.2, 0.25) is 0 Å². The number of aromatic nitrogens is 3. The van der Waals surface area contributed by atoms with Gasteiger partial charge in [-0.1, -0.05) is 41.6 Å². The van der Waals surface area contributed by atoms with Crippen LogP contribution in [-0.4, -0.2) is 20.1 Å². The quantitative estimate of drug-likeness (QED) is 0.577. The first-order chi connectivity index (χ1) is 10.3. The number of fused-ring (bicyclic) bond motifs is 2. The van der Waals surface area contributed by atoms with E-state index in [1.165, 1.54) is 0 Å². The van der Waals surface area contributed by atoms with E-state index >= 15 is 0 Å². The van der Waals surface area contributed by atoms with E-state index in [0.717, 1.165) is 27.4 Å². The highest BCUT2D eigenvalue weighted by molar-refractivity contribution is 5.93. The van der Waals surface area contributed by atoms with Gasteiger partial charge in [-0.25, -0.2) is 4.68 Å². The topological polar surface area (TPSA) is 50.9 Å². The molecule has 0 saturated heterocycles. The molecule has 0 aliphatic carbocycles. The van der Waals surface area contributed by atoms with E-state index in [4.69, 9.17) is 0 Å². The largest absolute Gasteiger partial charge is 0.505 e. The molecule has 0 aliphatic heterocycles. The highest BCUT2D eigenvalue weighted by Gasteiger charge is 2.15. The average molecular weight is 275 g/mol. The second kappa shape index (κ2) is 4.31. The first-order valence-corrected chi connectivity index (χ1v) is 6.78. The van der Waals surface area contributed by atoms with Gasteiger partial charge in [-0.15, -0.1) is 5.10 Å². The van der Waals surface area contributed by atoms with Crippen molar-refractivity contribution in [2.24, 2.45) is 0 Å². The fourth-order valence-electron chi connectivity index (χ4n) is 2.76. The number of aromatic hydroxyl groups is 1. The van der Waals surface area contributed by atoms with E-state index in [-0.39, 0.29) is 5.75 Å². The van der Waals surface area contributed by atoms with Gasteiger partial charge in [0.2, 0.25) is 0 Å². The molecule has 3 aromatic carbocycles. The monoisotopic (exact) mass is 275 g/mol. The van der Waals surface area contributed by atoms with Gasteiger partial charge in [0.15, 0.2) is 0 Å². The van der Waals surface area contributed by atoms with Crippen molar-refractivity contribution in [1.82, 2.24) is 15.0 Å². The molecule has 4 heteroatoms. The summed E-state index contributed by atoms with van der Waals surface area (Å²) in [5, 5.41) is 20.9. The molecule has 0 unspecified atom stereocenters. The van der Waals surface area contributed by atoms with Crippen LogP contribution in [0.15, 0.2) is 54.6 Å². The predicted molar refractivity (Wildman–Crippen MR) is 82.8 cm³/mol. The first-order valence-electron chi connectivity index (χ1n) is 6.78. The summed E-state index contributed by atoms with van der Waals surface area (Å²) < 4.78 is 1.70. The molecule has 0 saturated carbocycles. The minimum atomic E-state index is 0.237. The van der Waals surface area contributed by atoms with Crippen LogP contribution >= 0.6 is 0 Å². The summed E-state index contributed by atoms with van der Waals surface area (Å²) in [4.78, 5) is 0. The Morgan fingerprint density at radius 2 is 1.76 bits per heavy atom. The number of hydrogen-bond donors (Lipinski definition) is 1. The van der Waals surface area contributed by atoms with Gasteiger partial charge in [-0.05, 0) is 36.1 Å². The lowest BCUT2D eigenvalue weighted by Gasteiger charge is -2.12. The standard InChI is InChI=1S/C17H13N3O/c1-11-10-12-6-2-3-7-13(12)17(21)16(11)20-15-9-5-4-8-14(15)18-19-20/h2-10,21H,1H3. The zero-order valence-electron chi connectivity index (χ0n) is 11.5. The fourth-order valence-corrected chi connectivity index (χ4v) is 2.76. The number of phenolic OH excluding ortho intramolecular Hbond substituents is 1. The fraction of sp³-hybridized carbons (Fsp3) is 0.0588. The van der Waals surface area contributed by atoms with E-state index in [9.17, 15) is 5.11 Å². The van der Waals surface area contributed by atoms with Crippen LogP contribution in [0.25, 0.3) is 27.5 Å². The van der Waals surface area contributed by atoms with Crippen molar-refractivity contribution in [3.05, 3.63) is 60.2 Å². The Balaban J connectivity index is 2.11. The van der Waals surface area contributed by atoms with Gasteiger partial charge in [0.25, 0.3) is 0 Å². The van der Waals surface area contributed by atoms with E-state index in [1.807, 2.05) is 55.5 Å². The third-order valence-electron chi connectivity index (χ3n) is 3.75. The number of para-hydroxylation sites is 1. The molecule has 0 radical (unpaired) electrons. The van der Waals surface area contributed by atoms with Gasteiger partial charge in [0, 0.05) is 5.39 Å². The summed E-state index contributed by atoms with van der Waals surface area (Å²) in [6, 6.07) is 17.6. The van der Waals surface area contributed by atoms with E-state index in [1.54, 1.807) is 4.68 Å². The highest BCUT2D eigenvalue weighted by Crippen LogP contribution is 2.35. The number of rotatable bonds is 1. The molecule has 1 N–H and O–H groups in total. The SMILES string of the molecule is Cc1cc2ccccc2c(O)c1-n1nnc2ccccc21. The van der Waals surface area contributed by atoms with Gasteiger partial charge in [0.05, 0.1) is 5.52 Å². The summed E-state index contributed by atoms with van der Waals surface area (Å²) in [6.07, 6.45) is 0. The lowest BCUT2D eigenvalue weighted by molar-refractivity contribution is 0.476. The lowest BCUT2D eigenvalue weighted by atomic mass is 10.0. The smallest absolute Gasteiger partial charge is 0.149 e. The zero-order valence-corrected chi connectivity index (χ0v) is 11.5. The molecule has 21 heavy (non-hydrogen) atoms. The molecule has 1 aromatic heterocycles. The molecule has 102 valence electrons. The van der Waals surface area contributed by atoms with Gasteiger partial charge >= 0.3 is 0 Å². The Morgan fingerprint density at radius 1 is 1.00 bits per heavy atom. The number of nitrogens with zero attached hydrogens (tertiary/aromatic N) is 3. The van der Waals surface area contributed by atoms with Gasteiger partial charge in [0.1, 0.15) is 17.0 Å². The average Bonchev–Trinajstić information content (AvgIpc) is 2.91. The van der Waals surface area contributed by atoms with Gasteiger partial charge in [-0.3, -0.25) is 0 Å². The molecular formula is C17H13N3O. The molecule has 0 aliphatic rings. The third-order valence-corrected chi connectivity index (χ3v) is 3.75. The summed E-state index contributed by atoms with van der Waals surface area (Å²) >= 11 is 0. The Kier molecular flexibility index (Phi) is 2.44. The lowest BCUT2D eigenvalue weighted by Crippen LogP contribution is -2.00. The maximum atomic E-state index is 10.7. The van der Waals surface area contributed by atoms with Crippen molar-refractivity contribution in [3.63, 3.8) is 0 Å². The van der Waals surface area contributed by atoms with Crippen LogP contribution in [0.4, 0.5) is 0 Å². The molecule has 0 fully saturated rings. The van der Waals surface area contributed by atoms with Crippen molar-refractivity contribution in [3.8, 4) is 11.4 Å². The van der Waals surface area contributed by atoms with Crippen LogP contribution in [0.3, 0.4) is 0 Å². The van der Waals surface area contributed by atoms with Crippen molar-refractivity contribution in [2.45, 2.75) is 6.92 Å². The van der Waals surface area contributed by atoms with E-state index < -0.39 is 0 Å². The minimum absolute atomic E-state index is 0.237. The molecule has 4 aromatic rings. The highest BCUT2D eigenvalue weighted by atomic mass is 16.3. The Hall–Kier alpha value is -2.88. The van der Waals surface area contributed by atoms with E-state index in [2.05, 4.69) is 16.4 Å². The van der Waals surface area contributed by atoms with Gasteiger partial charge < -0.3 is 5.11 Å². The molecule has 4 rings (SSSR count). The van der Waals surface area contributed by atoms with Crippen LogP contribution < -0.4 is 0 Å². The third kappa shape index (κ3) is 1.69. The van der Waals surface area contributed by atoms with Crippen molar-refractivity contribution < 1.29 is 5.11 Å². The number of aryl methyl sites for hydroxylation is 1. The summed E-state index contributed by atoms with van der Waals surface area (Å²) in [6.45, 7) is 1.97. The van der Waals surface area contributed by atoms with Crippen molar-refractivity contribution in [2.75, 3.05) is 0 Å². The second-order valence-electron chi connectivity index (χ2n) is 5.10. The van der Waals surface area contributed by atoms with Gasteiger partial charge in [-0.2, -0.15) is 0 Å². The Bertz CT molecular complexity index is 972. The van der Waals surface area contributed by atoms with Crippen LogP contribution in [0.1, 0.15) is 5.56 Å². The second-order valence-corrected chi connectivity index (χ2v) is 5.10. The Labute approximate surface area is 121 Å². The number of phenols is 1. The molecule has 0 bridgehead atoms. The van der Waals surface area contributed by atoms with Crippen LogP contribution in [0, 0.1) is 6.92 Å². The summed E-state index contributed by atoms with van der Waals surface area (Å²) in [7, 11) is 0. The number of benzene rings is 3. The van der Waals surface area contributed by atoms with Crippen molar-refractivity contribution >= 4 is 21.8 Å². The number of hydrogen-bond acceptors (Lipinski definition) is 3. The molecule has 0 amide bonds. The van der Waals surface area contributed by atoms with E-state index in [0.29, 0.717) is 5.69 Å². The molecule has 4 nitrogen and oxygen atoms in total. The minimum Gasteiger partial charge on any atom is -0.505 e. The Morgan fingerprint density at radius 3 is 2.67 bits per heavy atom. The predicted octanol–water partition coefficient (Wildman–Crippen LogP) is 3.59. The maximum absolute atomic E-state index is 10.7. The van der Waals surface area contributed by atoms with Crippen molar-refractivity contribution in [1.29, 1.82) is 0 Å². The molecule has 1 heterocycles. The zero-order chi connectivity index (χ0) is 14.4. The molecular weight excluding hydrogens is 262 g/mol. The molecule has 0 spiro atoms. The molecule has 0 atom stereocenters. The first kappa shape index (κ1) is 11.9.